The van der Waals surface area contributed by atoms with Gasteiger partial charge in [0, 0.05) is 15.2 Å². The van der Waals surface area contributed by atoms with E-state index in [0.29, 0.717) is 26.9 Å². The van der Waals surface area contributed by atoms with Crippen LogP contribution in [0.5, 0.6) is 0 Å². The Balaban J connectivity index is 1.54. The number of amides is 1. The second-order valence-corrected chi connectivity index (χ2v) is 8.30. The predicted octanol–water partition coefficient (Wildman–Crippen LogP) is 4.26. The van der Waals surface area contributed by atoms with Crippen LogP contribution in [0, 0.1) is 0 Å². The number of fused-ring (bicyclic) bond motifs is 1. The lowest BCUT2D eigenvalue weighted by Crippen LogP contribution is -2.15. The van der Waals surface area contributed by atoms with E-state index in [-0.39, 0.29) is 17.2 Å². The van der Waals surface area contributed by atoms with Crippen molar-refractivity contribution in [3.63, 3.8) is 0 Å². The first kappa shape index (κ1) is 19.7. The number of anilines is 1. The summed E-state index contributed by atoms with van der Waals surface area (Å²) in [6, 6.07) is 14.3. The highest BCUT2D eigenvalue weighted by Gasteiger charge is 2.13. The van der Waals surface area contributed by atoms with E-state index in [1.54, 1.807) is 41.1 Å². The van der Waals surface area contributed by atoms with Gasteiger partial charge < -0.3 is 10.3 Å². The minimum Gasteiger partial charge on any atom is -0.325 e. The average molecular weight is 491 g/mol. The van der Waals surface area contributed by atoms with Crippen LogP contribution in [-0.2, 0) is 4.79 Å². The van der Waals surface area contributed by atoms with Crippen LogP contribution in [0.25, 0.3) is 16.7 Å². The van der Waals surface area contributed by atoms with Gasteiger partial charge in [0.15, 0.2) is 10.8 Å². The summed E-state index contributed by atoms with van der Waals surface area (Å²) in [5.74, 6) is -0.106. The second kappa shape index (κ2) is 8.40. The van der Waals surface area contributed by atoms with Crippen LogP contribution in [0.3, 0.4) is 0 Å². The SMILES string of the molecule is O=C(CSc1nc2c(cnn2-c2ccc(Cl)cc2)c(=O)[nH]1)Nc1ccc(Br)cc1. The second-order valence-electron chi connectivity index (χ2n) is 5.98. The van der Waals surface area contributed by atoms with Gasteiger partial charge in [0.1, 0.15) is 5.39 Å². The lowest BCUT2D eigenvalue weighted by atomic mass is 10.3. The van der Waals surface area contributed by atoms with Gasteiger partial charge in [-0.2, -0.15) is 5.10 Å². The van der Waals surface area contributed by atoms with Crippen molar-refractivity contribution < 1.29 is 4.79 Å². The lowest BCUT2D eigenvalue weighted by molar-refractivity contribution is -0.113. The van der Waals surface area contributed by atoms with Crippen molar-refractivity contribution in [1.82, 2.24) is 19.7 Å². The van der Waals surface area contributed by atoms with E-state index in [9.17, 15) is 9.59 Å². The largest absolute Gasteiger partial charge is 0.325 e. The smallest absolute Gasteiger partial charge is 0.262 e. The van der Waals surface area contributed by atoms with Gasteiger partial charge in [-0.25, -0.2) is 9.67 Å². The van der Waals surface area contributed by atoms with Crippen molar-refractivity contribution in [2.75, 3.05) is 11.1 Å². The Morgan fingerprint density at radius 2 is 1.90 bits per heavy atom. The molecule has 0 aliphatic carbocycles. The molecule has 0 atom stereocenters. The number of nitrogens with zero attached hydrogens (tertiary/aromatic N) is 3. The van der Waals surface area contributed by atoms with Crippen molar-refractivity contribution in [2.45, 2.75) is 5.16 Å². The molecule has 0 unspecified atom stereocenters. The molecule has 2 aromatic heterocycles. The molecule has 10 heteroatoms. The zero-order valence-electron chi connectivity index (χ0n) is 14.7. The summed E-state index contributed by atoms with van der Waals surface area (Å²) >= 11 is 10.4. The normalized spacial score (nSPS) is 11.0. The van der Waals surface area contributed by atoms with Crippen molar-refractivity contribution in [2.24, 2.45) is 0 Å². The minimum absolute atomic E-state index is 0.0968. The molecule has 0 fully saturated rings. The zero-order chi connectivity index (χ0) is 20.4. The van der Waals surface area contributed by atoms with Gasteiger partial charge in [-0.05, 0) is 48.5 Å². The van der Waals surface area contributed by atoms with E-state index in [0.717, 1.165) is 21.9 Å². The Hall–Kier alpha value is -2.62. The number of aromatic amines is 1. The first-order chi connectivity index (χ1) is 14.0. The van der Waals surface area contributed by atoms with Gasteiger partial charge in [0.05, 0.1) is 17.6 Å². The van der Waals surface area contributed by atoms with Gasteiger partial charge in [0.25, 0.3) is 5.56 Å². The van der Waals surface area contributed by atoms with E-state index >= 15 is 0 Å². The van der Waals surface area contributed by atoms with Crippen LogP contribution in [0.15, 0.2) is 69.2 Å². The Morgan fingerprint density at radius 3 is 2.62 bits per heavy atom. The zero-order valence-corrected chi connectivity index (χ0v) is 17.9. The fourth-order valence-electron chi connectivity index (χ4n) is 2.60. The van der Waals surface area contributed by atoms with E-state index in [1.807, 2.05) is 12.1 Å². The third kappa shape index (κ3) is 4.52. The Bertz CT molecular complexity index is 1240. The maximum atomic E-state index is 12.4. The van der Waals surface area contributed by atoms with Crippen LogP contribution >= 0.6 is 39.3 Å². The maximum absolute atomic E-state index is 12.4. The number of halogens is 2. The first-order valence-electron chi connectivity index (χ1n) is 8.42. The van der Waals surface area contributed by atoms with Gasteiger partial charge >= 0.3 is 0 Å². The summed E-state index contributed by atoms with van der Waals surface area (Å²) in [5, 5.41) is 8.35. The van der Waals surface area contributed by atoms with Crippen LogP contribution in [0.4, 0.5) is 5.69 Å². The van der Waals surface area contributed by atoms with Crippen molar-refractivity contribution in [3.05, 3.63) is 74.6 Å². The molecule has 0 spiro atoms. The molecule has 0 bridgehead atoms. The molecular formula is C19H13BrClN5O2S. The number of aromatic nitrogens is 4. The van der Waals surface area contributed by atoms with E-state index < -0.39 is 0 Å². The molecule has 1 amide bonds. The monoisotopic (exact) mass is 489 g/mol. The van der Waals surface area contributed by atoms with Gasteiger partial charge in [-0.3, -0.25) is 9.59 Å². The molecule has 2 N–H and O–H groups in total. The molecule has 0 saturated heterocycles. The molecule has 2 aromatic carbocycles. The molecule has 0 saturated carbocycles. The highest BCUT2D eigenvalue weighted by molar-refractivity contribution is 9.10. The molecule has 0 aliphatic rings. The van der Waals surface area contributed by atoms with E-state index in [1.165, 1.54) is 6.20 Å². The van der Waals surface area contributed by atoms with E-state index in [2.05, 4.69) is 36.3 Å². The highest BCUT2D eigenvalue weighted by Crippen LogP contribution is 2.20. The minimum atomic E-state index is -0.314. The van der Waals surface area contributed by atoms with Crippen LogP contribution in [-0.4, -0.2) is 31.4 Å². The number of carbonyl (C=O) groups is 1. The summed E-state index contributed by atoms with van der Waals surface area (Å²) in [6.45, 7) is 0. The molecule has 2 heterocycles. The third-order valence-corrected chi connectivity index (χ3v) is 5.61. The number of carbonyl (C=O) groups excluding carboxylic acids is 1. The number of thioether (sulfide) groups is 1. The molecule has 4 aromatic rings. The number of hydrogen-bond acceptors (Lipinski definition) is 5. The Morgan fingerprint density at radius 1 is 1.17 bits per heavy atom. The molecule has 4 rings (SSSR count). The highest BCUT2D eigenvalue weighted by atomic mass is 79.9. The fraction of sp³-hybridized carbons (Fsp3) is 0.0526. The van der Waals surface area contributed by atoms with Crippen molar-refractivity contribution in [1.29, 1.82) is 0 Å². The summed E-state index contributed by atoms with van der Waals surface area (Å²) in [4.78, 5) is 31.7. The summed E-state index contributed by atoms with van der Waals surface area (Å²) in [7, 11) is 0. The van der Waals surface area contributed by atoms with Gasteiger partial charge in [0.2, 0.25) is 5.91 Å². The fourth-order valence-corrected chi connectivity index (χ4v) is 3.65. The summed E-state index contributed by atoms with van der Waals surface area (Å²) < 4.78 is 2.49. The molecule has 146 valence electrons. The van der Waals surface area contributed by atoms with Crippen LogP contribution < -0.4 is 10.9 Å². The third-order valence-electron chi connectivity index (χ3n) is 3.96. The number of benzene rings is 2. The molecular weight excluding hydrogens is 478 g/mol. The predicted molar refractivity (Wildman–Crippen MR) is 118 cm³/mol. The quantitative estimate of drug-likeness (QED) is 0.322. The van der Waals surface area contributed by atoms with Gasteiger partial charge in [-0.15, -0.1) is 0 Å². The Kier molecular flexibility index (Phi) is 5.70. The number of nitrogens with one attached hydrogen (secondary N) is 2. The van der Waals surface area contributed by atoms with Gasteiger partial charge in [-0.1, -0.05) is 39.3 Å². The molecule has 29 heavy (non-hydrogen) atoms. The molecule has 0 aliphatic heterocycles. The topological polar surface area (TPSA) is 92.7 Å². The lowest BCUT2D eigenvalue weighted by Gasteiger charge is -2.06. The Labute approximate surface area is 182 Å². The number of hydrogen-bond donors (Lipinski definition) is 2. The summed E-state index contributed by atoms with van der Waals surface area (Å²) in [5.41, 5.74) is 1.51. The number of H-pyrrole nitrogens is 1. The van der Waals surface area contributed by atoms with E-state index in [4.69, 9.17) is 11.6 Å². The first-order valence-corrected chi connectivity index (χ1v) is 10.6. The molecule has 0 radical (unpaired) electrons. The summed E-state index contributed by atoms with van der Waals surface area (Å²) in [6.07, 6.45) is 1.46. The maximum Gasteiger partial charge on any atom is 0.262 e. The van der Waals surface area contributed by atoms with Crippen molar-refractivity contribution >= 4 is 61.9 Å². The molecule has 7 nitrogen and oxygen atoms in total. The standard InChI is InChI=1S/C19H13BrClN5O2S/c20-11-1-5-13(6-2-11)23-16(27)10-29-19-24-17-15(18(28)25-19)9-22-26(17)14-7-3-12(21)4-8-14/h1-9H,10H2,(H,23,27)(H,24,25,28). The van der Waals surface area contributed by atoms with Crippen LogP contribution in [0.2, 0.25) is 5.02 Å². The van der Waals surface area contributed by atoms with Crippen LogP contribution in [0.1, 0.15) is 0 Å². The van der Waals surface area contributed by atoms with Crippen molar-refractivity contribution in [3.8, 4) is 5.69 Å². The average Bonchev–Trinajstić information content (AvgIpc) is 3.13. The number of rotatable bonds is 5.